The van der Waals surface area contributed by atoms with E-state index >= 15 is 0 Å². The molecule has 28 heavy (non-hydrogen) atoms. The van der Waals surface area contributed by atoms with E-state index in [9.17, 15) is 0 Å². The molecule has 2 aromatic carbocycles. The molecule has 0 aliphatic carbocycles. The minimum atomic E-state index is 0.260. The van der Waals surface area contributed by atoms with Crippen molar-refractivity contribution in [2.24, 2.45) is 0 Å². The van der Waals surface area contributed by atoms with Crippen molar-refractivity contribution in [3.63, 3.8) is 0 Å². The van der Waals surface area contributed by atoms with Crippen molar-refractivity contribution >= 4 is 0 Å². The lowest BCUT2D eigenvalue weighted by atomic mass is 9.82. The maximum atomic E-state index is 2.25. The van der Waals surface area contributed by atoms with Gasteiger partial charge in [0.05, 0.1) is 0 Å². The third-order valence-electron chi connectivity index (χ3n) is 5.23. The molecule has 2 aromatic rings. The normalized spacial score (nSPS) is 13.0. The average molecular weight is 381 g/mol. The molecule has 0 spiro atoms. The lowest BCUT2D eigenvalue weighted by Crippen LogP contribution is -2.14. The number of rotatable bonds is 0. The van der Waals surface area contributed by atoms with E-state index in [2.05, 4.69) is 132 Å². The molecule has 0 aliphatic rings. The summed E-state index contributed by atoms with van der Waals surface area (Å²) in [6.45, 7) is 27.0. The van der Waals surface area contributed by atoms with Crippen LogP contribution in [0.2, 0.25) is 0 Å². The van der Waals surface area contributed by atoms with Gasteiger partial charge in [-0.1, -0.05) is 132 Å². The van der Waals surface area contributed by atoms with E-state index in [0.717, 1.165) is 0 Å². The Labute approximate surface area is 175 Å². The number of hydrogen-bond acceptors (Lipinski definition) is 0. The van der Waals surface area contributed by atoms with Crippen LogP contribution in [0.15, 0.2) is 48.5 Å². The van der Waals surface area contributed by atoms with Crippen LogP contribution in [0.3, 0.4) is 0 Å². The Kier molecular flexibility index (Phi) is 7.38. The Morgan fingerprint density at radius 1 is 0.286 bits per heavy atom. The van der Waals surface area contributed by atoms with Gasteiger partial charge in [0, 0.05) is 0 Å². The molecule has 0 nitrogen and oxygen atoms in total. The predicted octanol–water partition coefficient (Wildman–Crippen LogP) is 8.56. The van der Waals surface area contributed by atoms with Gasteiger partial charge in [-0.15, -0.1) is 0 Å². The second kappa shape index (κ2) is 8.44. The fraction of sp³-hybridized carbons (Fsp3) is 0.571. The smallest absolute Gasteiger partial charge is 0.0132 e. The van der Waals surface area contributed by atoms with Gasteiger partial charge in [0.25, 0.3) is 0 Å². The first kappa shape index (κ1) is 24.5. The van der Waals surface area contributed by atoms with Crippen molar-refractivity contribution in [3.05, 3.63) is 70.8 Å². The van der Waals surface area contributed by atoms with Crippen LogP contribution in [0.4, 0.5) is 0 Å². The SMILES string of the molecule is CC(C)(C)c1ccc(C(C)(C)C)cc1.CC(C)(C)c1ccc(C(C)(C)C)cc1. The van der Waals surface area contributed by atoms with Gasteiger partial charge in [-0.3, -0.25) is 0 Å². The van der Waals surface area contributed by atoms with Crippen LogP contribution in [0.25, 0.3) is 0 Å². The van der Waals surface area contributed by atoms with Crippen LogP contribution in [0, 0.1) is 0 Å². The van der Waals surface area contributed by atoms with E-state index in [0.29, 0.717) is 0 Å². The minimum absolute atomic E-state index is 0.260. The molecule has 0 aromatic heterocycles. The Balaban J connectivity index is 0.000000280. The minimum Gasteiger partial charge on any atom is -0.0582 e. The second-order valence-electron chi connectivity index (χ2n) is 12.2. The van der Waals surface area contributed by atoms with Crippen LogP contribution < -0.4 is 0 Å². The lowest BCUT2D eigenvalue weighted by Gasteiger charge is -2.23. The molecular weight excluding hydrogens is 336 g/mol. The van der Waals surface area contributed by atoms with Gasteiger partial charge < -0.3 is 0 Å². The van der Waals surface area contributed by atoms with Gasteiger partial charge in [-0.05, 0) is 43.9 Å². The summed E-state index contributed by atoms with van der Waals surface area (Å²) in [4.78, 5) is 0. The van der Waals surface area contributed by atoms with Crippen molar-refractivity contribution in [1.82, 2.24) is 0 Å². The van der Waals surface area contributed by atoms with Crippen LogP contribution in [0.1, 0.15) is 105 Å². The van der Waals surface area contributed by atoms with E-state index in [4.69, 9.17) is 0 Å². The fourth-order valence-electron chi connectivity index (χ4n) is 2.94. The monoisotopic (exact) mass is 380 g/mol. The molecule has 0 N–H and O–H groups in total. The summed E-state index contributed by atoms with van der Waals surface area (Å²) in [6, 6.07) is 18.0. The van der Waals surface area contributed by atoms with E-state index in [1.807, 2.05) is 0 Å². The Hall–Kier alpha value is -1.56. The Bertz CT molecular complexity index is 582. The second-order valence-corrected chi connectivity index (χ2v) is 12.2. The number of hydrogen-bond donors (Lipinski definition) is 0. The van der Waals surface area contributed by atoms with Gasteiger partial charge in [0.15, 0.2) is 0 Å². The van der Waals surface area contributed by atoms with Crippen molar-refractivity contribution in [3.8, 4) is 0 Å². The first-order valence-electron chi connectivity index (χ1n) is 10.6. The van der Waals surface area contributed by atoms with Gasteiger partial charge in [0.2, 0.25) is 0 Å². The third-order valence-corrected chi connectivity index (χ3v) is 5.23. The van der Waals surface area contributed by atoms with Crippen LogP contribution in [-0.2, 0) is 21.7 Å². The molecule has 0 amide bonds. The zero-order valence-electron chi connectivity index (χ0n) is 20.6. The van der Waals surface area contributed by atoms with Gasteiger partial charge in [0.1, 0.15) is 0 Å². The molecule has 0 unspecified atom stereocenters. The summed E-state index contributed by atoms with van der Waals surface area (Å²) in [7, 11) is 0. The van der Waals surface area contributed by atoms with Crippen molar-refractivity contribution in [2.75, 3.05) is 0 Å². The zero-order chi connectivity index (χ0) is 22.0. The molecule has 0 heterocycles. The average Bonchev–Trinajstić information content (AvgIpc) is 2.52. The molecule has 0 heteroatoms. The summed E-state index contributed by atoms with van der Waals surface area (Å²) in [6.07, 6.45) is 0. The fourth-order valence-corrected chi connectivity index (χ4v) is 2.94. The van der Waals surface area contributed by atoms with Crippen molar-refractivity contribution in [2.45, 2.75) is 105 Å². The first-order chi connectivity index (χ1) is 12.4. The molecule has 0 fully saturated rings. The Morgan fingerprint density at radius 3 is 0.464 bits per heavy atom. The standard InChI is InChI=1S/2C14H22/c2*1-13(2,3)11-7-9-12(10-8-11)14(4,5)6/h2*7-10H,1-6H3. The molecule has 0 bridgehead atoms. The third kappa shape index (κ3) is 7.46. The molecule has 2 rings (SSSR count). The van der Waals surface area contributed by atoms with Gasteiger partial charge in [-0.25, -0.2) is 0 Å². The molecule has 0 saturated carbocycles. The Morgan fingerprint density at radius 2 is 0.393 bits per heavy atom. The molecular formula is C28H44. The maximum absolute atomic E-state index is 2.25. The highest BCUT2D eigenvalue weighted by molar-refractivity contribution is 5.31. The summed E-state index contributed by atoms with van der Waals surface area (Å²) in [5.41, 5.74) is 6.67. The zero-order valence-corrected chi connectivity index (χ0v) is 20.6. The maximum Gasteiger partial charge on any atom is -0.0132 e. The topological polar surface area (TPSA) is 0 Å². The van der Waals surface area contributed by atoms with E-state index in [1.54, 1.807) is 0 Å². The summed E-state index contributed by atoms with van der Waals surface area (Å²) >= 11 is 0. The first-order valence-corrected chi connectivity index (χ1v) is 10.6. The van der Waals surface area contributed by atoms with Crippen molar-refractivity contribution in [1.29, 1.82) is 0 Å². The highest BCUT2D eigenvalue weighted by Crippen LogP contribution is 2.28. The molecule has 0 aliphatic heterocycles. The van der Waals surface area contributed by atoms with E-state index in [-0.39, 0.29) is 21.7 Å². The summed E-state index contributed by atoms with van der Waals surface area (Å²) in [5.74, 6) is 0. The van der Waals surface area contributed by atoms with Crippen molar-refractivity contribution < 1.29 is 0 Å². The van der Waals surface area contributed by atoms with Crippen LogP contribution in [0.5, 0.6) is 0 Å². The highest BCUT2D eigenvalue weighted by Gasteiger charge is 2.17. The largest absolute Gasteiger partial charge is 0.0582 e. The molecule has 156 valence electrons. The van der Waals surface area contributed by atoms with Gasteiger partial charge >= 0.3 is 0 Å². The van der Waals surface area contributed by atoms with E-state index < -0.39 is 0 Å². The highest BCUT2D eigenvalue weighted by atomic mass is 14.2. The number of benzene rings is 2. The summed E-state index contributed by atoms with van der Waals surface area (Å²) in [5, 5.41) is 0. The quantitative estimate of drug-likeness (QED) is 0.429. The molecule has 0 saturated heterocycles. The summed E-state index contributed by atoms with van der Waals surface area (Å²) < 4.78 is 0. The van der Waals surface area contributed by atoms with Crippen LogP contribution in [-0.4, -0.2) is 0 Å². The van der Waals surface area contributed by atoms with Crippen LogP contribution >= 0.6 is 0 Å². The lowest BCUT2D eigenvalue weighted by molar-refractivity contribution is 0.577. The van der Waals surface area contributed by atoms with Gasteiger partial charge in [-0.2, -0.15) is 0 Å². The molecule has 0 atom stereocenters. The molecule has 0 radical (unpaired) electrons. The predicted molar refractivity (Wildman–Crippen MR) is 128 cm³/mol. The van der Waals surface area contributed by atoms with E-state index in [1.165, 1.54) is 22.3 Å².